The van der Waals surface area contributed by atoms with Gasteiger partial charge in [0.1, 0.15) is 0 Å². The fourth-order valence-electron chi connectivity index (χ4n) is 0.741. The van der Waals surface area contributed by atoms with Gasteiger partial charge in [0.15, 0.2) is 0 Å². The number of rotatable bonds is 1. The van der Waals surface area contributed by atoms with E-state index < -0.39 is 0 Å². The summed E-state index contributed by atoms with van der Waals surface area (Å²) in [5, 5.41) is 9.11. The zero-order valence-electron chi connectivity index (χ0n) is 5.71. The molecule has 2 heteroatoms. The van der Waals surface area contributed by atoms with Crippen molar-refractivity contribution in [3.05, 3.63) is 33.4 Å². The zero-order valence-corrected chi connectivity index (χ0v) is 7.87. The van der Waals surface area contributed by atoms with Crippen molar-refractivity contribution in [3.63, 3.8) is 0 Å². The molecule has 0 radical (unpaired) electrons. The lowest BCUT2D eigenvalue weighted by atomic mass is 10.1. The van der Waals surface area contributed by atoms with Crippen LogP contribution in [0.4, 0.5) is 0 Å². The summed E-state index contributed by atoms with van der Waals surface area (Å²) in [6.45, 7) is 1.77. The zero-order chi connectivity index (χ0) is 7.56. The third kappa shape index (κ3) is 1.95. The average molecular weight is 248 g/mol. The first-order chi connectivity index (χ1) is 4.70. The van der Waals surface area contributed by atoms with Crippen molar-refractivity contribution in [1.29, 1.82) is 0 Å². The molecule has 0 fully saturated rings. The highest BCUT2D eigenvalue weighted by Crippen LogP contribution is 2.13. The fraction of sp³-hybridized carbons (Fsp3) is 0.250. The molecular formula is C8H9IO. The Bertz CT molecular complexity index is 203. The molecule has 0 aliphatic heterocycles. The molecule has 1 N–H and O–H groups in total. The van der Waals surface area contributed by atoms with Gasteiger partial charge in [-0.2, -0.15) is 0 Å². The number of hydrogen-bond donors (Lipinski definition) is 1. The molecule has 54 valence electrons. The van der Waals surface area contributed by atoms with Crippen LogP contribution in [0.15, 0.2) is 24.3 Å². The number of hydrogen-bond acceptors (Lipinski definition) is 1. The Kier molecular flexibility index (Phi) is 2.68. The predicted octanol–water partition coefficient (Wildman–Crippen LogP) is 2.34. The van der Waals surface area contributed by atoms with Gasteiger partial charge < -0.3 is 5.11 Å². The van der Waals surface area contributed by atoms with Crippen molar-refractivity contribution in [2.75, 3.05) is 0 Å². The molecule has 1 aromatic rings. The quantitative estimate of drug-likeness (QED) is 0.756. The molecule has 0 aromatic heterocycles. The highest BCUT2D eigenvalue weighted by molar-refractivity contribution is 14.1. The number of aliphatic hydroxyl groups excluding tert-OH is 1. The van der Waals surface area contributed by atoms with E-state index in [4.69, 9.17) is 5.11 Å². The Morgan fingerprint density at radius 3 is 2.20 bits per heavy atom. The molecule has 0 heterocycles. The van der Waals surface area contributed by atoms with Gasteiger partial charge in [0, 0.05) is 3.57 Å². The highest BCUT2D eigenvalue weighted by Gasteiger charge is 1.97. The van der Waals surface area contributed by atoms with Crippen molar-refractivity contribution in [1.82, 2.24) is 0 Å². The molecule has 0 amide bonds. The maximum atomic E-state index is 9.11. The number of aliphatic hydroxyl groups is 1. The molecule has 1 aromatic carbocycles. The third-order valence-electron chi connectivity index (χ3n) is 1.35. The molecule has 0 bridgehead atoms. The van der Waals surface area contributed by atoms with Gasteiger partial charge in [0.25, 0.3) is 0 Å². The van der Waals surface area contributed by atoms with Gasteiger partial charge in [-0.1, -0.05) is 12.1 Å². The van der Waals surface area contributed by atoms with Crippen LogP contribution in [0.3, 0.4) is 0 Å². The van der Waals surface area contributed by atoms with Crippen LogP contribution < -0.4 is 0 Å². The van der Waals surface area contributed by atoms with E-state index in [9.17, 15) is 0 Å². The van der Waals surface area contributed by atoms with Gasteiger partial charge in [-0.3, -0.25) is 0 Å². The van der Waals surface area contributed by atoms with Crippen molar-refractivity contribution >= 4 is 22.6 Å². The van der Waals surface area contributed by atoms with Gasteiger partial charge in [-0.25, -0.2) is 0 Å². The molecule has 0 saturated carbocycles. The molecule has 10 heavy (non-hydrogen) atoms. The van der Waals surface area contributed by atoms with Gasteiger partial charge in [0.05, 0.1) is 6.10 Å². The van der Waals surface area contributed by atoms with E-state index in [1.165, 1.54) is 3.57 Å². The van der Waals surface area contributed by atoms with E-state index in [1.807, 2.05) is 24.3 Å². The SMILES string of the molecule is C[C@H](O)c1ccc(I)cc1. The second-order valence-electron chi connectivity index (χ2n) is 2.23. The first-order valence-electron chi connectivity index (χ1n) is 3.13. The van der Waals surface area contributed by atoms with E-state index in [0.29, 0.717) is 0 Å². The molecule has 0 saturated heterocycles. The minimum Gasteiger partial charge on any atom is -0.389 e. The van der Waals surface area contributed by atoms with Crippen molar-refractivity contribution < 1.29 is 5.11 Å². The smallest absolute Gasteiger partial charge is 0.0761 e. The second kappa shape index (κ2) is 3.34. The van der Waals surface area contributed by atoms with Crippen LogP contribution in [0.2, 0.25) is 0 Å². The number of benzene rings is 1. The van der Waals surface area contributed by atoms with Crippen LogP contribution >= 0.6 is 22.6 Å². The van der Waals surface area contributed by atoms with Gasteiger partial charge >= 0.3 is 0 Å². The first-order valence-corrected chi connectivity index (χ1v) is 4.21. The van der Waals surface area contributed by atoms with Crippen molar-refractivity contribution in [3.8, 4) is 0 Å². The maximum absolute atomic E-state index is 9.11. The Hall–Kier alpha value is -0.0900. The third-order valence-corrected chi connectivity index (χ3v) is 2.07. The summed E-state index contributed by atoms with van der Waals surface area (Å²) in [5.74, 6) is 0. The summed E-state index contributed by atoms with van der Waals surface area (Å²) in [7, 11) is 0. The van der Waals surface area contributed by atoms with Crippen LogP contribution in [0.25, 0.3) is 0 Å². The number of halogens is 1. The molecular weight excluding hydrogens is 239 g/mol. The minimum absolute atomic E-state index is 0.350. The van der Waals surface area contributed by atoms with Crippen LogP contribution in [-0.2, 0) is 0 Å². The van der Waals surface area contributed by atoms with Crippen molar-refractivity contribution in [2.24, 2.45) is 0 Å². The Morgan fingerprint density at radius 2 is 1.80 bits per heavy atom. The van der Waals surface area contributed by atoms with Crippen LogP contribution in [0.1, 0.15) is 18.6 Å². The van der Waals surface area contributed by atoms with E-state index in [-0.39, 0.29) is 6.10 Å². The molecule has 0 aliphatic rings. The molecule has 0 aliphatic carbocycles. The predicted molar refractivity (Wildman–Crippen MR) is 49.8 cm³/mol. The van der Waals surface area contributed by atoms with Gasteiger partial charge in [-0.15, -0.1) is 0 Å². The highest BCUT2D eigenvalue weighted by atomic mass is 127. The molecule has 1 atom stereocenters. The summed E-state index contributed by atoms with van der Waals surface area (Å²) in [5.41, 5.74) is 0.973. The van der Waals surface area contributed by atoms with Crippen LogP contribution in [0.5, 0.6) is 0 Å². The fourth-order valence-corrected chi connectivity index (χ4v) is 1.10. The average Bonchev–Trinajstić information content (AvgIpc) is 1.88. The lowest BCUT2D eigenvalue weighted by Crippen LogP contribution is -1.89. The molecule has 1 nitrogen and oxygen atoms in total. The largest absolute Gasteiger partial charge is 0.389 e. The minimum atomic E-state index is -0.350. The summed E-state index contributed by atoms with van der Waals surface area (Å²) in [6, 6.07) is 7.85. The summed E-state index contributed by atoms with van der Waals surface area (Å²) >= 11 is 2.24. The molecule has 0 spiro atoms. The monoisotopic (exact) mass is 248 g/mol. The van der Waals surface area contributed by atoms with Gasteiger partial charge in [0.2, 0.25) is 0 Å². The molecule has 0 unspecified atom stereocenters. The lowest BCUT2D eigenvalue weighted by Gasteiger charge is -2.02. The lowest BCUT2D eigenvalue weighted by molar-refractivity contribution is 0.199. The van der Waals surface area contributed by atoms with E-state index >= 15 is 0 Å². The van der Waals surface area contributed by atoms with E-state index in [2.05, 4.69) is 22.6 Å². The summed E-state index contributed by atoms with van der Waals surface area (Å²) in [6.07, 6.45) is -0.350. The topological polar surface area (TPSA) is 20.2 Å². The Balaban J connectivity index is 2.89. The second-order valence-corrected chi connectivity index (χ2v) is 3.47. The summed E-state index contributed by atoms with van der Waals surface area (Å²) < 4.78 is 1.20. The first kappa shape index (κ1) is 8.01. The van der Waals surface area contributed by atoms with E-state index in [1.54, 1.807) is 6.92 Å². The normalized spacial score (nSPS) is 13.1. The van der Waals surface area contributed by atoms with Crippen molar-refractivity contribution in [2.45, 2.75) is 13.0 Å². The summed E-state index contributed by atoms with van der Waals surface area (Å²) in [4.78, 5) is 0. The van der Waals surface area contributed by atoms with E-state index in [0.717, 1.165) is 5.56 Å². The standard InChI is InChI=1S/C8H9IO/c1-6(10)7-2-4-8(9)5-3-7/h2-6,10H,1H3/t6-/m0/s1. The Labute approximate surface area is 74.2 Å². The van der Waals surface area contributed by atoms with Crippen LogP contribution in [-0.4, -0.2) is 5.11 Å². The maximum Gasteiger partial charge on any atom is 0.0761 e. The molecule has 1 rings (SSSR count). The van der Waals surface area contributed by atoms with Gasteiger partial charge in [-0.05, 0) is 47.2 Å². The van der Waals surface area contributed by atoms with Crippen LogP contribution in [0, 0.1) is 3.57 Å². The Morgan fingerprint density at radius 1 is 1.30 bits per heavy atom.